The van der Waals surface area contributed by atoms with E-state index in [-0.39, 0.29) is 10.0 Å². The Balaban J connectivity index is 2.62. The molecule has 0 radical (unpaired) electrons. The minimum absolute atomic E-state index is 0.136. The van der Waals surface area contributed by atoms with Crippen molar-refractivity contribution in [3.05, 3.63) is 33.8 Å². The SMILES string of the molecule is CCCCCCC(N)c1cc(F)c(Br)cc1F. The molecule has 1 rings (SSSR count). The van der Waals surface area contributed by atoms with Crippen LogP contribution < -0.4 is 5.73 Å². The second kappa shape index (κ2) is 7.07. The van der Waals surface area contributed by atoms with Gasteiger partial charge in [-0.2, -0.15) is 0 Å². The fourth-order valence-corrected chi connectivity index (χ4v) is 2.08. The zero-order chi connectivity index (χ0) is 12.8. The number of unbranched alkanes of at least 4 members (excludes halogenated alkanes) is 3. The van der Waals surface area contributed by atoms with E-state index in [9.17, 15) is 8.78 Å². The van der Waals surface area contributed by atoms with Gasteiger partial charge in [0.25, 0.3) is 0 Å². The zero-order valence-corrected chi connectivity index (χ0v) is 11.6. The molecule has 0 aliphatic heterocycles. The van der Waals surface area contributed by atoms with Crippen molar-refractivity contribution in [1.82, 2.24) is 0 Å². The molecule has 0 fully saturated rings. The first-order valence-electron chi connectivity index (χ1n) is 5.96. The maximum atomic E-state index is 13.6. The van der Waals surface area contributed by atoms with Gasteiger partial charge in [0.2, 0.25) is 0 Å². The van der Waals surface area contributed by atoms with Crippen molar-refractivity contribution in [3.8, 4) is 0 Å². The maximum Gasteiger partial charge on any atom is 0.137 e. The minimum atomic E-state index is -0.467. The maximum absolute atomic E-state index is 13.6. The largest absolute Gasteiger partial charge is 0.324 e. The summed E-state index contributed by atoms with van der Waals surface area (Å²) in [4.78, 5) is 0. The first kappa shape index (κ1) is 14.6. The van der Waals surface area contributed by atoms with Gasteiger partial charge < -0.3 is 5.73 Å². The van der Waals surface area contributed by atoms with Crippen molar-refractivity contribution in [3.63, 3.8) is 0 Å². The average Bonchev–Trinajstić information content (AvgIpc) is 2.29. The second-order valence-electron chi connectivity index (χ2n) is 4.24. The molecule has 0 saturated carbocycles. The van der Waals surface area contributed by atoms with Gasteiger partial charge >= 0.3 is 0 Å². The fourth-order valence-electron chi connectivity index (χ4n) is 1.77. The van der Waals surface area contributed by atoms with Gasteiger partial charge in [0, 0.05) is 11.6 Å². The Labute approximate surface area is 110 Å². The lowest BCUT2D eigenvalue weighted by Gasteiger charge is -2.13. The van der Waals surface area contributed by atoms with Gasteiger partial charge in [-0.05, 0) is 34.5 Å². The van der Waals surface area contributed by atoms with Crippen LogP contribution in [-0.2, 0) is 0 Å². The van der Waals surface area contributed by atoms with Crippen molar-refractivity contribution in [2.45, 2.75) is 45.1 Å². The van der Waals surface area contributed by atoms with Crippen LogP contribution in [-0.4, -0.2) is 0 Å². The molecule has 1 aromatic rings. The molecule has 0 spiro atoms. The number of rotatable bonds is 6. The van der Waals surface area contributed by atoms with E-state index < -0.39 is 17.7 Å². The van der Waals surface area contributed by atoms with Crippen LogP contribution in [0.2, 0.25) is 0 Å². The van der Waals surface area contributed by atoms with E-state index >= 15 is 0 Å². The molecule has 0 saturated heterocycles. The van der Waals surface area contributed by atoms with Gasteiger partial charge in [-0.25, -0.2) is 8.78 Å². The van der Waals surface area contributed by atoms with Crippen LogP contribution in [0.5, 0.6) is 0 Å². The predicted octanol–water partition coefficient (Wildman–Crippen LogP) is 4.70. The highest BCUT2D eigenvalue weighted by atomic mass is 79.9. The number of hydrogen-bond acceptors (Lipinski definition) is 1. The standard InChI is InChI=1S/C13H18BrF2N/c1-2-3-4-5-6-13(17)9-7-12(16)10(14)8-11(9)15/h7-8,13H,2-6,17H2,1H3. The predicted molar refractivity (Wildman–Crippen MR) is 69.7 cm³/mol. The zero-order valence-electron chi connectivity index (χ0n) is 9.98. The summed E-state index contributed by atoms with van der Waals surface area (Å²) in [5.41, 5.74) is 6.14. The van der Waals surface area contributed by atoms with Crippen LogP contribution in [0.15, 0.2) is 16.6 Å². The van der Waals surface area contributed by atoms with E-state index in [1.165, 1.54) is 6.07 Å². The second-order valence-corrected chi connectivity index (χ2v) is 5.10. The number of nitrogens with two attached hydrogens (primary N) is 1. The monoisotopic (exact) mass is 305 g/mol. The van der Waals surface area contributed by atoms with Crippen molar-refractivity contribution < 1.29 is 8.78 Å². The molecule has 1 aromatic carbocycles. The first-order chi connectivity index (χ1) is 8.06. The summed E-state index contributed by atoms with van der Waals surface area (Å²) in [6.07, 6.45) is 5.04. The third-order valence-corrected chi connectivity index (χ3v) is 3.42. The average molecular weight is 306 g/mol. The molecule has 0 heterocycles. The summed E-state index contributed by atoms with van der Waals surface area (Å²) in [5, 5.41) is 0. The van der Waals surface area contributed by atoms with Gasteiger partial charge in [0.05, 0.1) is 4.47 Å². The summed E-state index contributed by atoms with van der Waals surface area (Å²) in [7, 11) is 0. The van der Waals surface area contributed by atoms with Crippen molar-refractivity contribution in [2.75, 3.05) is 0 Å². The van der Waals surface area contributed by atoms with Gasteiger partial charge in [0.1, 0.15) is 11.6 Å². The molecule has 0 aliphatic carbocycles. The van der Waals surface area contributed by atoms with E-state index in [1.807, 2.05) is 0 Å². The Morgan fingerprint density at radius 1 is 1.18 bits per heavy atom. The summed E-state index contributed by atoms with van der Waals surface area (Å²) in [6, 6.07) is 1.90. The molecule has 96 valence electrons. The molecule has 0 bridgehead atoms. The molecule has 1 nitrogen and oxygen atoms in total. The van der Waals surface area contributed by atoms with Gasteiger partial charge in [-0.3, -0.25) is 0 Å². The Hall–Kier alpha value is -0.480. The Morgan fingerprint density at radius 3 is 2.53 bits per heavy atom. The molecule has 2 N–H and O–H groups in total. The third kappa shape index (κ3) is 4.36. The molecule has 0 aromatic heterocycles. The van der Waals surface area contributed by atoms with Crippen LogP contribution >= 0.6 is 15.9 Å². The molecule has 0 aliphatic rings. The Kier molecular flexibility index (Phi) is 6.06. The lowest BCUT2D eigenvalue weighted by Crippen LogP contribution is -2.12. The third-order valence-electron chi connectivity index (χ3n) is 2.81. The summed E-state index contributed by atoms with van der Waals surface area (Å²) < 4.78 is 27.0. The fraction of sp³-hybridized carbons (Fsp3) is 0.538. The summed E-state index contributed by atoms with van der Waals surface area (Å²) in [5.74, 6) is -0.910. The van der Waals surface area contributed by atoms with E-state index in [1.54, 1.807) is 0 Å². The van der Waals surface area contributed by atoms with Crippen molar-refractivity contribution in [1.29, 1.82) is 0 Å². The van der Waals surface area contributed by atoms with Gasteiger partial charge in [-0.15, -0.1) is 0 Å². The van der Waals surface area contributed by atoms with E-state index in [4.69, 9.17) is 5.73 Å². The minimum Gasteiger partial charge on any atom is -0.324 e. The topological polar surface area (TPSA) is 26.0 Å². The van der Waals surface area contributed by atoms with E-state index in [2.05, 4.69) is 22.9 Å². The molecule has 0 amide bonds. The lowest BCUT2D eigenvalue weighted by atomic mass is 10.0. The van der Waals surface area contributed by atoms with Crippen molar-refractivity contribution >= 4 is 15.9 Å². The van der Waals surface area contributed by atoms with E-state index in [0.717, 1.165) is 31.7 Å². The van der Waals surface area contributed by atoms with Crippen LogP contribution in [0.1, 0.15) is 50.6 Å². The highest BCUT2D eigenvalue weighted by molar-refractivity contribution is 9.10. The van der Waals surface area contributed by atoms with Crippen molar-refractivity contribution in [2.24, 2.45) is 5.73 Å². The normalized spacial score (nSPS) is 12.8. The Bertz CT molecular complexity index is 369. The van der Waals surface area contributed by atoms with Crippen LogP contribution in [0.3, 0.4) is 0 Å². The van der Waals surface area contributed by atoms with Gasteiger partial charge in [0.15, 0.2) is 0 Å². The molecule has 1 atom stereocenters. The van der Waals surface area contributed by atoms with E-state index in [0.29, 0.717) is 6.42 Å². The Morgan fingerprint density at radius 2 is 1.88 bits per heavy atom. The quantitative estimate of drug-likeness (QED) is 0.598. The van der Waals surface area contributed by atoms with Crippen LogP contribution in [0.25, 0.3) is 0 Å². The molecular weight excluding hydrogens is 288 g/mol. The number of benzene rings is 1. The van der Waals surface area contributed by atoms with Crippen LogP contribution in [0, 0.1) is 11.6 Å². The molecule has 17 heavy (non-hydrogen) atoms. The molecule has 4 heteroatoms. The molecule has 1 unspecified atom stereocenters. The molecular formula is C13H18BrF2N. The first-order valence-corrected chi connectivity index (χ1v) is 6.75. The highest BCUT2D eigenvalue weighted by Gasteiger charge is 2.14. The number of hydrogen-bond donors (Lipinski definition) is 1. The summed E-state index contributed by atoms with van der Waals surface area (Å²) >= 11 is 2.95. The lowest BCUT2D eigenvalue weighted by molar-refractivity contribution is 0.522. The van der Waals surface area contributed by atoms with Gasteiger partial charge in [-0.1, -0.05) is 32.6 Å². The smallest absolute Gasteiger partial charge is 0.137 e. The number of halogens is 3. The summed E-state index contributed by atoms with van der Waals surface area (Å²) in [6.45, 7) is 2.13. The highest BCUT2D eigenvalue weighted by Crippen LogP contribution is 2.25. The van der Waals surface area contributed by atoms with Crippen LogP contribution in [0.4, 0.5) is 8.78 Å².